The van der Waals surface area contributed by atoms with Crippen LogP contribution in [0.2, 0.25) is 0 Å². The van der Waals surface area contributed by atoms with Crippen LogP contribution in [0.25, 0.3) is 0 Å². The average molecular weight is 489 g/mol. The van der Waals surface area contributed by atoms with Gasteiger partial charge in [-0.05, 0) is 44.7 Å². The molecule has 0 aromatic heterocycles. The van der Waals surface area contributed by atoms with E-state index in [1.54, 1.807) is 7.05 Å². The van der Waals surface area contributed by atoms with Gasteiger partial charge in [0.2, 0.25) is 0 Å². The van der Waals surface area contributed by atoms with Gasteiger partial charge in [0.25, 0.3) is 0 Å². The molecule has 1 aromatic carbocycles. The number of rotatable bonds is 9. The highest BCUT2D eigenvalue weighted by Crippen LogP contribution is 2.35. The summed E-state index contributed by atoms with van der Waals surface area (Å²) < 4.78 is 17.4. The monoisotopic (exact) mass is 489 g/mol. The van der Waals surface area contributed by atoms with Gasteiger partial charge >= 0.3 is 0 Å². The molecule has 0 saturated heterocycles. The van der Waals surface area contributed by atoms with E-state index in [0.717, 1.165) is 48.5 Å². The van der Waals surface area contributed by atoms with Gasteiger partial charge in [-0.15, -0.1) is 24.0 Å². The first-order valence-corrected chi connectivity index (χ1v) is 9.67. The number of benzene rings is 1. The van der Waals surface area contributed by atoms with Crippen LogP contribution in [0.1, 0.15) is 37.8 Å². The number of hydrogen-bond acceptors (Lipinski definition) is 4. The molecule has 1 atom stereocenters. The van der Waals surface area contributed by atoms with Crippen molar-refractivity contribution in [2.45, 2.75) is 45.8 Å². The zero-order valence-corrected chi connectivity index (χ0v) is 18.9. The molecule has 7 heteroatoms. The van der Waals surface area contributed by atoms with Gasteiger partial charge in [-0.25, -0.2) is 0 Å². The van der Waals surface area contributed by atoms with E-state index in [1.807, 2.05) is 6.92 Å². The van der Waals surface area contributed by atoms with E-state index in [9.17, 15) is 0 Å². The summed E-state index contributed by atoms with van der Waals surface area (Å²) in [6, 6.07) is 4.20. The molecule has 2 N–H and O–H groups in total. The van der Waals surface area contributed by atoms with Crippen LogP contribution >= 0.6 is 24.0 Å². The van der Waals surface area contributed by atoms with Crippen LogP contribution in [-0.2, 0) is 17.7 Å². The van der Waals surface area contributed by atoms with E-state index < -0.39 is 0 Å². The lowest BCUT2D eigenvalue weighted by molar-refractivity contribution is 0.129. The van der Waals surface area contributed by atoms with Gasteiger partial charge in [0.05, 0.1) is 13.2 Å². The van der Waals surface area contributed by atoms with E-state index in [0.29, 0.717) is 19.8 Å². The third kappa shape index (κ3) is 6.71. The summed E-state index contributed by atoms with van der Waals surface area (Å²) in [7, 11) is 1.78. The van der Waals surface area contributed by atoms with Crippen molar-refractivity contribution in [1.29, 1.82) is 0 Å². The Morgan fingerprint density at radius 1 is 1.30 bits per heavy atom. The van der Waals surface area contributed by atoms with Crippen molar-refractivity contribution in [2.24, 2.45) is 10.9 Å². The maximum atomic E-state index is 5.88. The second-order valence-electron chi connectivity index (χ2n) is 7.00. The van der Waals surface area contributed by atoms with Crippen molar-refractivity contribution in [2.75, 3.05) is 33.4 Å². The molecule has 1 heterocycles. The Hall–Kier alpha value is -1.22. The Labute approximate surface area is 179 Å². The van der Waals surface area contributed by atoms with Crippen molar-refractivity contribution in [3.05, 3.63) is 23.3 Å². The number of nitrogens with zero attached hydrogens (tertiary/aromatic N) is 1. The number of aliphatic imine (C=N–C) groups is 1. The van der Waals surface area contributed by atoms with Gasteiger partial charge in [0.15, 0.2) is 5.96 Å². The quantitative estimate of drug-likeness (QED) is 0.242. The van der Waals surface area contributed by atoms with Crippen LogP contribution in [0, 0.1) is 5.92 Å². The summed E-state index contributed by atoms with van der Waals surface area (Å²) in [5.74, 6) is 3.44. The van der Waals surface area contributed by atoms with E-state index >= 15 is 0 Å². The molecule has 1 fully saturated rings. The van der Waals surface area contributed by atoms with E-state index in [2.05, 4.69) is 34.7 Å². The first-order chi connectivity index (χ1) is 12.7. The Morgan fingerprint density at radius 3 is 2.81 bits per heavy atom. The van der Waals surface area contributed by atoms with Gasteiger partial charge in [-0.1, -0.05) is 0 Å². The number of hydrogen-bond donors (Lipinski definition) is 2. The minimum Gasteiger partial charge on any atom is -0.494 e. The lowest BCUT2D eigenvalue weighted by Gasteiger charge is -2.15. The number of guanidine groups is 1. The van der Waals surface area contributed by atoms with Crippen molar-refractivity contribution in [1.82, 2.24) is 10.6 Å². The Bertz CT molecular complexity index is 635. The Morgan fingerprint density at radius 2 is 2.11 bits per heavy atom. The highest BCUT2D eigenvalue weighted by Gasteiger charge is 2.22. The molecule has 152 valence electrons. The molecule has 27 heavy (non-hydrogen) atoms. The largest absolute Gasteiger partial charge is 0.494 e. The van der Waals surface area contributed by atoms with Crippen LogP contribution in [0.15, 0.2) is 17.1 Å². The zero-order chi connectivity index (χ0) is 18.4. The van der Waals surface area contributed by atoms with Gasteiger partial charge in [-0.2, -0.15) is 0 Å². The van der Waals surface area contributed by atoms with Crippen molar-refractivity contribution >= 4 is 29.9 Å². The molecule has 2 aliphatic rings. The zero-order valence-electron chi connectivity index (χ0n) is 16.5. The smallest absolute Gasteiger partial charge is 0.191 e. The van der Waals surface area contributed by atoms with Gasteiger partial charge in [0, 0.05) is 44.3 Å². The second-order valence-corrected chi connectivity index (χ2v) is 7.00. The Balaban J connectivity index is 0.00000261. The van der Waals surface area contributed by atoms with Crippen LogP contribution in [0.3, 0.4) is 0 Å². The molecule has 0 amide bonds. The molecule has 1 unspecified atom stereocenters. The summed E-state index contributed by atoms with van der Waals surface area (Å²) in [5, 5.41) is 6.63. The highest BCUT2D eigenvalue weighted by atomic mass is 127. The number of nitrogens with one attached hydrogen (secondary N) is 2. The molecular formula is C20H32IN3O3. The summed E-state index contributed by atoms with van der Waals surface area (Å²) in [6.45, 7) is 7.71. The third-order valence-corrected chi connectivity index (χ3v) is 4.64. The number of halogens is 1. The molecule has 1 saturated carbocycles. The molecule has 0 radical (unpaired) electrons. The maximum absolute atomic E-state index is 5.88. The molecule has 0 spiro atoms. The van der Waals surface area contributed by atoms with Crippen LogP contribution in [0.4, 0.5) is 0 Å². The number of fused-ring (bicyclic) bond motifs is 1. The summed E-state index contributed by atoms with van der Waals surface area (Å²) in [5.41, 5.74) is 2.30. The van der Waals surface area contributed by atoms with Crippen molar-refractivity contribution in [3.8, 4) is 11.5 Å². The number of ether oxygens (including phenoxy) is 3. The third-order valence-electron chi connectivity index (χ3n) is 4.64. The highest BCUT2D eigenvalue weighted by molar-refractivity contribution is 14.0. The normalized spacial score (nSPS) is 18.3. The van der Waals surface area contributed by atoms with E-state index in [4.69, 9.17) is 14.2 Å². The molecule has 1 aliphatic heterocycles. The minimum absolute atomic E-state index is 0. The van der Waals surface area contributed by atoms with Gasteiger partial charge < -0.3 is 24.8 Å². The van der Waals surface area contributed by atoms with Gasteiger partial charge in [-0.3, -0.25) is 4.99 Å². The first kappa shape index (κ1) is 22.1. The fraction of sp³-hybridized carbons (Fsp3) is 0.650. The maximum Gasteiger partial charge on any atom is 0.191 e. The standard InChI is InChI=1S/C20H31N3O3.HI/c1-4-25-18-10-16-9-14(2)26-19(16)11-17(18)12-23-20(21-3)22-7-8-24-13-15-5-6-15;/h10-11,14-15H,4-9,12-13H2,1-3H3,(H2,21,22,23);1H. The topological polar surface area (TPSA) is 64.1 Å². The lowest BCUT2D eigenvalue weighted by Crippen LogP contribution is -2.38. The molecule has 6 nitrogen and oxygen atoms in total. The van der Waals surface area contributed by atoms with Crippen LogP contribution < -0.4 is 20.1 Å². The first-order valence-electron chi connectivity index (χ1n) is 9.67. The summed E-state index contributed by atoms with van der Waals surface area (Å²) in [4.78, 5) is 4.28. The van der Waals surface area contributed by atoms with E-state index in [1.165, 1.54) is 18.4 Å². The van der Waals surface area contributed by atoms with Crippen molar-refractivity contribution in [3.63, 3.8) is 0 Å². The predicted octanol–water partition coefficient (Wildman–Crippen LogP) is 3.12. The molecule has 3 rings (SSSR count). The minimum atomic E-state index is 0. The predicted molar refractivity (Wildman–Crippen MR) is 119 cm³/mol. The van der Waals surface area contributed by atoms with Crippen molar-refractivity contribution < 1.29 is 14.2 Å². The lowest BCUT2D eigenvalue weighted by atomic mass is 10.1. The van der Waals surface area contributed by atoms with Crippen LogP contribution in [0.5, 0.6) is 11.5 Å². The summed E-state index contributed by atoms with van der Waals surface area (Å²) in [6.07, 6.45) is 3.81. The fourth-order valence-electron chi connectivity index (χ4n) is 3.09. The SMILES string of the molecule is CCOc1cc2c(cc1CNC(=NC)NCCOCC1CC1)OC(C)C2.I. The molecule has 1 aromatic rings. The van der Waals surface area contributed by atoms with Gasteiger partial charge in [0.1, 0.15) is 17.6 Å². The summed E-state index contributed by atoms with van der Waals surface area (Å²) >= 11 is 0. The average Bonchev–Trinajstić information content (AvgIpc) is 3.38. The molecular weight excluding hydrogens is 457 g/mol. The van der Waals surface area contributed by atoms with Crippen LogP contribution in [-0.4, -0.2) is 45.5 Å². The second kappa shape index (κ2) is 10.9. The molecule has 0 bridgehead atoms. The Kier molecular flexibility index (Phi) is 8.95. The molecule has 1 aliphatic carbocycles. The fourth-order valence-corrected chi connectivity index (χ4v) is 3.09. The van der Waals surface area contributed by atoms with E-state index in [-0.39, 0.29) is 30.1 Å².